The third-order valence-electron chi connectivity index (χ3n) is 0.564. The van der Waals surface area contributed by atoms with Crippen molar-refractivity contribution in [2.24, 2.45) is 0 Å². The maximum absolute atomic E-state index is 4.76. The minimum Gasteiger partial charge on any atom is -0.379 e. The predicted octanol–water partition coefficient (Wildman–Crippen LogP) is 1.11. The van der Waals surface area contributed by atoms with E-state index in [4.69, 9.17) is 12.2 Å². The maximum atomic E-state index is 4.76. The third-order valence-corrected chi connectivity index (χ3v) is 0.905. The monoisotopic (exact) mass is 115 g/mol. The minimum atomic E-state index is 0.780. The Balaban J connectivity index is 3.37. The molecule has 0 atom stereocenters. The van der Waals surface area contributed by atoms with Crippen LogP contribution in [0.25, 0.3) is 0 Å². The van der Waals surface area contributed by atoms with Gasteiger partial charge in [0, 0.05) is 7.05 Å². The number of thiocarbonyl (C=S) groups is 1. The molecule has 1 nitrogen and oxygen atoms in total. The standard InChI is InChI=1S/C5H9NS/c1-3-4-5(7)6-2/h3-4H,1-2H3,(H,6,7). The molecule has 0 aromatic carbocycles. The van der Waals surface area contributed by atoms with E-state index in [-0.39, 0.29) is 0 Å². The molecule has 0 aliphatic carbocycles. The summed E-state index contributed by atoms with van der Waals surface area (Å²) in [5.41, 5.74) is 0. The Morgan fingerprint density at radius 2 is 2.29 bits per heavy atom. The highest BCUT2D eigenvalue weighted by Crippen LogP contribution is 1.71. The summed E-state index contributed by atoms with van der Waals surface area (Å²) in [7, 11) is 1.81. The lowest BCUT2D eigenvalue weighted by atomic mass is 10.5. The van der Waals surface area contributed by atoms with Gasteiger partial charge in [0.1, 0.15) is 0 Å². The van der Waals surface area contributed by atoms with E-state index < -0.39 is 0 Å². The molecule has 0 amide bonds. The lowest BCUT2D eigenvalue weighted by Gasteiger charge is -1.88. The van der Waals surface area contributed by atoms with Gasteiger partial charge in [-0.15, -0.1) is 0 Å². The Bertz CT molecular complexity index is 86.1. The topological polar surface area (TPSA) is 12.0 Å². The van der Waals surface area contributed by atoms with Gasteiger partial charge in [-0.2, -0.15) is 0 Å². The van der Waals surface area contributed by atoms with Gasteiger partial charge in [0.25, 0.3) is 0 Å². The molecule has 0 aliphatic rings. The fraction of sp³-hybridized carbons (Fsp3) is 0.400. The molecule has 7 heavy (non-hydrogen) atoms. The van der Waals surface area contributed by atoms with Gasteiger partial charge in [-0.05, 0) is 13.0 Å². The summed E-state index contributed by atoms with van der Waals surface area (Å²) in [6, 6.07) is 0. The molecular weight excluding hydrogens is 106 g/mol. The highest BCUT2D eigenvalue weighted by molar-refractivity contribution is 7.80. The highest BCUT2D eigenvalue weighted by Gasteiger charge is 1.75. The quantitative estimate of drug-likeness (QED) is 0.406. The lowest BCUT2D eigenvalue weighted by molar-refractivity contribution is 1.21. The van der Waals surface area contributed by atoms with E-state index in [0.717, 1.165) is 4.99 Å². The van der Waals surface area contributed by atoms with E-state index in [1.807, 2.05) is 26.1 Å². The Labute approximate surface area is 49.4 Å². The molecule has 0 radical (unpaired) electrons. The van der Waals surface area contributed by atoms with Crippen molar-refractivity contribution in [3.8, 4) is 0 Å². The average Bonchev–Trinajstić information content (AvgIpc) is 1.68. The molecule has 0 aliphatic heterocycles. The molecule has 0 fully saturated rings. The van der Waals surface area contributed by atoms with Crippen LogP contribution in [0, 0.1) is 0 Å². The Morgan fingerprint density at radius 1 is 1.71 bits per heavy atom. The van der Waals surface area contributed by atoms with Crippen LogP contribution in [0.2, 0.25) is 0 Å². The summed E-state index contributed by atoms with van der Waals surface area (Å²) in [6.45, 7) is 1.93. The summed E-state index contributed by atoms with van der Waals surface area (Å²) in [6.07, 6.45) is 3.74. The largest absolute Gasteiger partial charge is 0.379 e. The average molecular weight is 115 g/mol. The summed E-state index contributed by atoms with van der Waals surface area (Å²) in [4.78, 5) is 0.780. The van der Waals surface area contributed by atoms with Crippen LogP contribution in [0.1, 0.15) is 6.92 Å². The molecule has 0 spiro atoms. The molecule has 0 bridgehead atoms. The molecule has 0 aromatic heterocycles. The van der Waals surface area contributed by atoms with Crippen LogP contribution < -0.4 is 5.32 Å². The first-order chi connectivity index (χ1) is 3.31. The van der Waals surface area contributed by atoms with Gasteiger partial charge in [-0.1, -0.05) is 18.3 Å². The number of rotatable bonds is 1. The van der Waals surface area contributed by atoms with Gasteiger partial charge < -0.3 is 5.32 Å². The van der Waals surface area contributed by atoms with E-state index in [9.17, 15) is 0 Å². The van der Waals surface area contributed by atoms with Crippen LogP contribution in [0.5, 0.6) is 0 Å². The van der Waals surface area contributed by atoms with E-state index >= 15 is 0 Å². The van der Waals surface area contributed by atoms with Gasteiger partial charge in [-0.3, -0.25) is 0 Å². The Morgan fingerprint density at radius 3 is 2.43 bits per heavy atom. The van der Waals surface area contributed by atoms with Crippen molar-refractivity contribution in [3.63, 3.8) is 0 Å². The molecule has 0 unspecified atom stereocenters. The predicted molar refractivity (Wildman–Crippen MR) is 36.5 cm³/mol. The van der Waals surface area contributed by atoms with Crippen molar-refractivity contribution in [2.75, 3.05) is 7.05 Å². The maximum Gasteiger partial charge on any atom is 0.0982 e. The van der Waals surface area contributed by atoms with Gasteiger partial charge >= 0.3 is 0 Å². The zero-order valence-corrected chi connectivity index (χ0v) is 5.38. The van der Waals surface area contributed by atoms with Crippen LogP contribution in [0.4, 0.5) is 0 Å². The van der Waals surface area contributed by atoms with Crippen molar-refractivity contribution in [3.05, 3.63) is 12.2 Å². The van der Waals surface area contributed by atoms with Gasteiger partial charge in [0.2, 0.25) is 0 Å². The van der Waals surface area contributed by atoms with Crippen molar-refractivity contribution < 1.29 is 0 Å². The number of allylic oxidation sites excluding steroid dienone is 1. The third kappa shape index (κ3) is 3.46. The minimum absolute atomic E-state index is 0.780. The molecule has 0 rings (SSSR count). The molecule has 0 heterocycles. The number of likely N-dealkylation sites (N-methyl/N-ethyl adjacent to an activating group) is 1. The Hall–Kier alpha value is -0.370. The fourth-order valence-corrected chi connectivity index (χ4v) is 0.371. The zero-order valence-electron chi connectivity index (χ0n) is 4.56. The second-order valence-corrected chi connectivity index (χ2v) is 1.55. The van der Waals surface area contributed by atoms with E-state index in [0.29, 0.717) is 0 Å². The normalized spacial score (nSPS) is 9.43. The van der Waals surface area contributed by atoms with Gasteiger partial charge in [-0.25, -0.2) is 0 Å². The molecule has 2 heteroatoms. The van der Waals surface area contributed by atoms with Crippen molar-refractivity contribution in [2.45, 2.75) is 6.92 Å². The van der Waals surface area contributed by atoms with Crippen LogP contribution in [-0.4, -0.2) is 12.0 Å². The van der Waals surface area contributed by atoms with Crippen molar-refractivity contribution in [1.29, 1.82) is 0 Å². The van der Waals surface area contributed by atoms with E-state index in [1.165, 1.54) is 0 Å². The first-order valence-electron chi connectivity index (χ1n) is 2.15. The van der Waals surface area contributed by atoms with Crippen LogP contribution in [0.3, 0.4) is 0 Å². The summed E-state index contributed by atoms with van der Waals surface area (Å²) < 4.78 is 0. The SMILES string of the molecule is CC=CC(=S)NC. The number of hydrogen-bond donors (Lipinski definition) is 1. The molecule has 0 saturated heterocycles. The van der Waals surface area contributed by atoms with Crippen molar-refractivity contribution in [1.82, 2.24) is 5.32 Å². The molecule has 0 aromatic rings. The fourth-order valence-electron chi connectivity index (χ4n) is 0.235. The smallest absolute Gasteiger partial charge is 0.0982 e. The van der Waals surface area contributed by atoms with Crippen LogP contribution in [-0.2, 0) is 0 Å². The summed E-state index contributed by atoms with van der Waals surface area (Å²) in [5, 5.41) is 2.81. The van der Waals surface area contributed by atoms with Crippen LogP contribution in [0.15, 0.2) is 12.2 Å². The number of nitrogens with one attached hydrogen (secondary N) is 1. The first-order valence-corrected chi connectivity index (χ1v) is 2.56. The molecule has 40 valence electrons. The highest BCUT2D eigenvalue weighted by atomic mass is 32.1. The second-order valence-electron chi connectivity index (χ2n) is 1.11. The summed E-state index contributed by atoms with van der Waals surface area (Å²) in [5.74, 6) is 0. The number of hydrogen-bond acceptors (Lipinski definition) is 1. The zero-order chi connectivity index (χ0) is 5.70. The van der Waals surface area contributed by atoms with Gasteiger partial charge in [0.05, 0.1) is 4.99 Å². The molecule has 0 saturated carbocycles. The van der Waals surface area contributed by atoms with Gasteiger partial charge in [0.15, 0.2) is 0 Å². The lowest BCUT2D eigenvalue weighted by Crippen LogP contribution is -2.11. The summed E-state index contributed by atoms with van der Waals surface area (Å²) >= 11 is 4.76. The second kappa shape index (κ2) is 3.81. The van der Waals surface area contributed by atoms with E-state index in [1.54, 1.807) is 0 Å². The molecule has 1 N–H and O–H groups in total. The van der Waals surface area contributed by atoms with Crippen molar-refractivity contribution >= 4 is 17.2 Å². The first kappa shape index (κ1) is 6.63. The molecular formula is C5H9NS. The Kier molecular flexibility index (Phi) is 3.61. The van der Waals surface area contributed by atoms with Crippen LogP contribution >= 0.6 is 12.2 Å². The van der Waals surface area contributed by atoms with E-state index in [2.05, 4.69) is 5.32 Å².